The molecule has 9 atom stereocenters. The number of guanidine groups is 1. The van der Waals surface area contributed by atoms with Crippen molar-refractivity contribution >= 4 is 96.3 Å². The first-order valence-corrected chi connectivity index (χ1v) is 21.3. The molecule has 1 rings (SSSR count). The molecule has 0 unspecified atom stereocenters. The number of likely N-dealkylation sites (tertiary alicyclic amines) is 1. The van der Waals surface area contributed by atoms with Gasteiger partial charge in [0, 0.05) is 24.6 Å². The zero-order chi connectivity index (χ0) is 50.3. The van der Waals surface area contributed by atoms with E-state index in [2.05, 4.69) is 67.5 Å². The van der Waals surface area contributed by atoms with Gasteiger partial charge in [-0.05, 0) is 32.6 Å². The molecule has 19 N–H and O–H groups in total. The van der Waals surface area contributed by atoms with E-state index in [1.165, 1.54) is 6.92 Å². The van der Waals surface area contributed by atoms with Crippen molar-refractivity contribution in [1.82, 2.24) is 47.4 Å². The van der Waals surface area contributed by atoms with Crippen molar-refractivity contribution in [3.63, 3.8) is 0 Å². The minimum Gasteiger partial charge on any atom is -0.481 e. The predicted molar refractivity (Wildman–Crippen MR) is 234 cm³/mol. The van der Waals surface area contributed by atoms with Gasteiger partial charge in [0.1, 0.15) is 48.3 Å². The summed E-state index contributed by atoms with van der Waals surface area (Å²) >= 11 is 7.74. The number of thiol groups is 2. The summed E-state index contributed by atoms with van der Waals surface area (Å²) in [6.45, 7) is -2.74. The highest BCUT2D eigenvalue weighted by Crippen LogP contribution is 2.19. The molecular formula is C35H59N13O16S2. The lowest BCUT2D eigenvalue weighted by Crippen LogP contribution is -2.60. The molecule has 1 aliphatic rings. The smallest absolute Gasteiger partial charge is 0.327 e. The van der Waals surface area contributed by atoms with Gasteiger partial charge in [0.05, 0.1) is 38.8 Å². The van der Waals surface area contributed by atoms with Gasteiger partial charge in [0.25, 0.3) is 0 Å². The molecular weight excluding hydrogens is 923 g/mol. The molecule has 31 heteroatoms. The third-order valence-corrected chi connectivity index (χ3v) is 10.1. The first-order chi connectivity index (χ1) is 31.0. The molecule has 0 aliphatic carbocycles. The summed E-state index contributed by atoms with van der Waals surface area (Å²) in [6.07, 6.45) is -0.571. The SMILES string of the molecule is C[C@H](NC(=O)[C@@H]1CCCN1C(=O)[C@H](CO)NC(=O)[C@H](CC(=O)O)NC(=O)CNC(=O)[C@H](CCCN=C(N)N)NC(=O)[C@@H](N)CS)C(=O)N[C@@H](CO)C(=O)N[C@@H](CO)C(=O)N[C@@H](CS)C(=O)O. The fourth-order valence-electron chi connectivity index (χ4n) is 5.81. The maximum Gasteiger partial charge on any atom is 0.327 e. The molecule has 0 aromatic carbocycles. The van der Waals surface area contributed by atoms with E-state index in [1.807, 2.05) is 5.32 Å². The number of carboxylic acid groups (broad SMARTS) is 2. The van der Waals surface area contributed by atoms with Crippen molar-refractivity contribution in [3.8, 4) is 0 Å². The number of nitrogens with one attached hydrogen (secondary N) is 8. The molecule has 0 saturated carbocycles. The Hall–Kier alpha value is -6.02. The average molecular weight is 982 g/mol. The topological polar surface area (TPSA) is 479 Å². The van der Waals surface area contributed by atoms with Crippen LogP contribution >= 0.6 is 25.3 Å². The van der Waals surface area contributed by atoms with Crippen molar-refractivity contribution in [1.29, 1.82) is 0 Å². The first-order valence-electron chi connectivity index (χ1n) is 20.0. The molecule has 1 fully saturated rings. The number of aliphatic hydroxyl groups excluding tert-OH is 3. The Morgan fingerprint density at radius 3 is 1.73 bits per heavy atom. The summed E-state index contributed by atoms with van der Waals surface area (Å²) in [4.78, 5) is 144. The van der Waals surface area contributed by atoms with Crippen LogP contribution in [0.1, 0.15) is 39.0 Å². The van der Waals surface area contributed by atoms with E-state index >= 15 is 0 Å². The first kappa shape index (κ1) is 58.0. The Balaban J connectivity index is 2.97. The number of hydrogen-bond acceptors (Lipinski definition) is 18. The summed E-state index contributed by atoms with van der Waals surface area (Å²) in [5.74, 6) is -12.8. The Morgan fingerprint density at radius 1 is 0.682 bits per heavy atom. The molecule has 9 amide bonds. The van der Waals surface area contributed by atoms with Gasteiger partial charge in [0.15, 0.2) is 5.96 Å². The molecule has 29 nitrogen and oxygen atoms in total. The third kappa shape index (κ3) is 19.6. The van der Waals surface area contributed by atoms with E-state index in [9.17, 15) is 73.2 Å². The lowest BCUT2D eigenvalue weighted by molar-refractivity contribution is -0.144. The molecule has 66 heavy (non-hydrogen) atoms. The van der Waals surface area contributed by atoms with Crippen LogP contribution in [0.15, 0.2) is 4.99 Å². The molecule has 0 radical (unpaired) electrons. The van der Waals surface area contributed by atoms with Gasteiger partial charge in [-0.3, -0.25) is 52.9 Å². The number of carboxylic acids is 2. The minimum atomic E-state index is -1.87. The van der Waals surface area contributed by atoms with E-state index in [4.69, 9.17) is 22.3 Å². The summed E-state index contributed by atoms with van der Waals surface area (Å²) in [5.41, 5.74) is 16.3. The van der Waals surface area contributed by atoms with Crippen LogP contribution in [-0.2, 0) is 52.7 Å². The molecule has 0 aromatic rings. The van der Waals surface area contributed by atoms with Gasteiger partial charge in [-0.1, -0.05) is 0 Å². The number of aliphatic carboxylic acids is 2. The normalized spacial score (nSPS) is 16.8. The van der Waals surface area contributed by atoms with Crippen molar-refractivity contribution in [3.05, 3.63) is 0 Å². The van der Waals surface area contributed by atoms with Crippen molar-refractivity contribution in [2.75, 3.05) is 51.0 Å². The van der Waals surface area contributed by atoms with Crippen LogP contribution in [0.3, 0.4) is 0 Å². The highest BCUT2D eigenvalue weighted by Gasteiger charge is 2.40. The molecule has 0 spiro atoms. The van der Waals surface area contributed by atoms with E-state index in [0.29, 0.717) is 0 Å². The summed E-state index contributed by atoms with van der Waals surface area (Å²) in [6, 6.07) is -13.6. The second-order valence-corrected chi connectivity index (χ2v) is 15.2. The van der Waals surface area contributed by atoms with Crippen LogP contribution in [-0.4, -0.2) is 207 Å². The van der Waals surface area contributed by atoms with Gasteiger partial charge >= 0.3 is 11.9 Å². The number of nitrogens with two attached hydrogens (primary N) is 3. The fourth-order valence-corrected chi connectivity index (χ4v) is 6.22. The van der Waals surface area contributed by atoms with Crippen LogP contribution in [0.5, 0.6) is 0 Å². The van der Waals surface area contributed by atoms with E-state index < -0.39 is 152 Å². The van der Waals surface area contributed by atoms with Gasteiger partial charge < -0.3 is 90.2 Å². The zero-order valence-corrected chi connectivity index (χ0v) is 37.4. The third-order valence-electron chi connectivity index (χ3n) is 9.38. The lowest BCUT2D eigenvalue weighted by Gasteiger charge is -2.29. The lowest BCUT2D eigenvalue weighted by atomic mass is 10.1. The number of hydrogen-bond donors (Lipinski definition) is 18. The number of carbonyl (C=O) groups is 11. The molecule has 372 valence electrons. The zero-order valence-electron chi connectivity index (χ0n) is 35.6. The van der Waals surface area contributed by atoms with Gasteiger partial charge in [0.2, 0.25) is 53.2 Å². The largest absolute Gasteiger partial charge is 0.481 e. The number of carbonyl (C=O) groups excluding carboxylic acids is 9. The number of amides is 9. The van der Waals surface area contributed by atoms with Gasteiger partial charge in [-0.25, -0.2) is 4.79 Å². The van der Waals surface area contributed by atoms with Crippen LogP contribution in [0.4, 0.5) is 0 Å². The van der Waals surface area contributed by atoms with Crippen LogP contribution < -0.4 is 59.7 Å². The van der Waals surface area contributed by atoms with E-state index in [0.717, 1.165) is 4.90 Å². The van der Waals surface area contributed by atoms with E-state index in [-0.39, 0.29) is 56.2 Å². The average Bonchev–Trinajstić information content (AvgIpc) is 3.77. The Morgan fingerprint density at radius 2 is 1.21 bits per heavy atom. The number of aliphatic hydroxyl groups is 3. The Labute approximate surface area is 387 Å². The van der Waals surface area contributed by atoms with Crippen molar-refractivity contribution < 1.29 is 78.3 Å². The molecule has 1 aliphatic heterocycles. The van der Waals surface area contributed by atoms with Gasteiger partial charge in [-0.2, -0.15) is 25.3 Å². The summed E-state index contributed by atoms with van der Waals surface area (Å²) in [5, 5.41) is 65.5. The van der Waals surface area contributed by atoms with Gasteiger partial charge in [-0.15, -0.1) is 0 Å². The second kappa shape index (κ2) is 29.5. The standard InChI is InChI=1S/C35H59N13O16S2/c1-15(26(55)44-19(10-49)30(59)45-20(11-50)31(60)47-22(14-66)34(63)64)41-32(61)23-5-3-7-48(23)33(62)21(12-51)46-29(58)18(8-25(53)54)42-24(52)9-40-28(57)17(4-2-6-39-35(37)38)43-27(56)16(36)13-65/h15-23,49-51,65-66H,2-14,36H2,1H3,(H,40,57)(H,41,61)(H,42,52)(H,43,56)(H,44,55)(H,45,59)(H,46,58)(H,47,60)(H,53,54)(H,63,64)(H4,37,38,39)/t15-,16-,17-,18-,19-,20-,21-,22-,23-/m0/s1. The quantitative estimate of drug-likeness (QED) is 0.0143. The highest BCUT2D eigenvalue weighted by molar-refractivity contribution is 7.80. The van der Waals surface area contributed by atoms with Crippen molar-refractivity contribution in [2.45, 2.75) is 93.4 Å². The number of rotatable bonds is 29. The maximum atomic E-state index is 13.6. The number of aliphatic imine (C=N–C) groups is 1. The van der Waals surface area contributed by atoms with Crippen LogP contribution in [0.2, 0.25) is 0 Å². The Kier molecular flexibility index (Phi) is 25.9. The summed E-state index contributed by atoms with van der Waals surface area (Å²) < 4.78 is 0. The monoisotopic (exact) mass is 981 g/mol. The second-order valence-electron chi connectivity index (χ2n) is 14.5. The minimum absolute atomic E-state index is 0.00978. The molecule has 1 saturated heterocycles. The van der Waals surface area contributed by atoms with Crippen LogP contribution in [0, 0.1) is 0 Å². The summed E-state index contributed by atoms with van der Waals surface area (Å²) in [7, 11) is 0. The number of nitrogens with zero attached hydrogens (tertiary/aromatic N) is 2. The molecule has 0 bridgehead atoms. The molecule has 1 heterocycles. The fraction of sp³-hybridized carbons (Fsp3) is 0.657. The Bertz CT molecular complexity index is 1790. The molecule has 0 aromatic heterocycles. The predicted octanol–water partition coefficient (Wildman–Crippen LogP) is -9.72. The van der Waals surface area contributed by atoms with Crippen molar-refractivity contribution in [2.24, 2.45) is 22.2 Å². The maximum absolute atomic E-state index is 13.6. The van der Waals surface area contributed by atoms with E-state index in [1.54, 1.807) is 0 Å². The highest BCUT2D eigenvalue weighted by atomic mass is 32.1. The van der Waals surface area contributed by atoms with Crippen LogP contribution in [0.25, 0.3) is 0 Å².